The van der Waals surface area contributed by atoms with Gasteiger partial charge in [0.05, 0.1) is 6.54 Å². The van der Waals surface area contributed by atoms with Gasteiger partial charge in [-0.15, -0.1) is 0 Å². The molecule has 0 radical (unpaired) electrons. The lowest BCUT2D eigenvalue weighted by Crippen LogP contribution is -2.38. The first-order valence-corrected chi connectivity index (χ1v) is 8.60. The molecule has 0 fully saturated rings. The Balaban J connectivity index is 1.56. The first-order chi connectivity index (χ1) is 10.6. The Morgan fingerprint density at radius 2 is 2.23 bits per heavy atom. The van der Waals surface area contributed by atoms with E-state index in [0.29, 0.717) is 12.3 Å². The Morgan fingerprint density at radius 3 is 3.00 bits per heavy atom. The van der Waals surface area contributed by atoms with E-state index in [-0.39, 0.29) is 12.5 Å². The number of fused-ring (bicyclic) bond motifs is 1. The van der Waals surface area contributed by atoms with Crippen LogP contribution in [-0.2, 0) is 16.8 Å². The van der Waals surface area contributed by atoms with Crippen LogP contribution in [0, 0.1) is 0 Å². The Kier molecular flexibility index (Phi) is 4.32. The maximum Gasteiger partial charge on any atom is 0.220 e. The molecule has 116 valence electrons. The van der Waals surface area contributed by atoms with E-state index in [1.54, 1.807) is 18.3 Å². The summed E-state index contributed by atoms with van der Waals surface area (Å²) in [4.78, 5) is 12.2. The predicted molar refractivity (Wildman–Crippen MR) is 89.0 cm³/mol. The van der Waals surface area contributed by atoms with Crippen LogP contribution in [0.25, 0.3) is 0 Å². The van der Waals surface area contributed by atoms with Gasteiger partial charge in [-0.3, -0.25) is 4.79 Å². The molecule has 0 spiro atoms. The summed E-state index contributed by atoms with van der Waals surface area (Å²) < 4.78 is 0. The molecule has 2 aromatic rings. The quantitative estimate of drug-likeness (QED) is 0.890. The lowest BCUT2D eigenvalue weighted by atomic mass is 9.96. The van der Waals surface area contributed by atoms with E-state index in [2.05, 4.69) is 23.5 Å². The van der Waals surface area contributed by atoms with Gasteiger partial charge in [0.15, 0.2) is 0 Å². The monoisotopic (exact) mass is 315 g/mol. The summed E-state index contributed by atoms with van der Waals surface area (Å²) in [5.41, 5.74) is 2.51. The van der Waals surface area contributed by atoms with Crippen LogP contribution in [0.5, 0.6) is 0 Å². The molecule has 2 N–H and O–H groups in total. The number of thiophene rings is 1. The van der Waals surface area contributed by atoms with Crippen LogP contribution in [0.4, 0.5) is 0 Å². The zero-order valence-corrected chi connectivity index (χ0v) is 13.5. The van der Waals surface area contributed by atoms with Crippen molar-refractivity contribution in [3.8, 4) is 0 Å². The van der Waals surface area contributed by atoms with Crippen molar-refractivity contribution in [1.29, 1.82) is 0 Å². The minimum atomic E-state index is -1.01. The zero-order chi connectivity index (χ0) is 15.6. The molecule has 0 bridgehead atoms. The topological polar surface area (TPSA) is 49.3 Å². The molecule has 2 unspecified atom stereocenters. The number of aliphatic hydroxyl groups is 1. The zero-order valence-electron chi connectivity index (χ0n) is 12.7. The van der Waals surface area contributed by atoms with Gasteiger partial charge in [0.2, 0.25) is 5.91 Å². The third-order valence-corrected chi connectivity index (χ3v) is 5.14. The van der Waals surface area contributed by atoms with Gasteiger partial charge in [0.25, 0.3) is 0 Å². The Morgan fingerprint density at radius 1 is 1.41 bits per heavy atom. The van der Waals surface area contributed by atoms with E-state index in [4.69, 9.17) is 0 Å². The third-order valence-electron chi connectivity index (χ3n) is 4.46. The van der Waals surface area contributed by atoms with Gasteiger partial charge >= 0.3 is 0 Å². The van der Waals surface area contributed by atoms with Crippen LogP contribution < -0.4 is 5.32 Å². The molecular formula is C18H21NO2S. The summed E-state index contributed by atoms with van der Waals surface area (Å²) >= 11 is 1.55. The summed E-state index contributed by atoms with van der Waals surface area (Å²) in [6, 6.07) is 10.3. The van der Waals surface area contributed by atoms with E-state index in [1.165, 1.54) is 11.1 Å². The van der Waals surface area contributed by atoms with Gasteiger partial charge in [0.1, 0.15) is 5.60 Å². The van der Waals surface area contributed by atoms with Crippen LogP contribution in [0.1, 0.15) is 42.4 Å². The van der Waals surface area contributed by atoms with Gasteiger partial charge in [0, 0.05) is 6.42 Å². The molecule has 0 saturated heterocycles. The standard InChI is InChI=1S/C18H21NO2S/c1-18(21,15-8-9-22-11-15)12-19-17(20)10-14-7-6-13-4-2-3-5-16(13)14/h2-5,8-9,11,14,21H,6-7,10,12H2,1H3,(H,19,20). The fourth-order valence-electron chi connectivity index (χ4n) is 3.10. The first kappa shape index (κ1) is 15.3. The fourth-order valence-corrected chi connectivity index (χ4v) is 3.88. The number of hydrogen-bond donors (Lipinski definition) is 2. The number of hydrogen-bond acceptors (Lipinski definition) is 3. The molecular weight excluding hydrogens is 294 g/mol. The molecule has 4 heteroatoms. The maximum absolute atomic E-state index is 12.2. The molecule has 1 heterocycles. The predicted octanol–water partition coefficient (Wildman–Crippen LogP) is 3.19. The van der Waals surface area contributed by atoms with Crippen molar-refractivity contribution in [2.45, 2.75) is 37.7 Å². The minimum absolute atomic E-state index is 0.0113. The molecule has 1 aromatic heterocycles. The average Bonchev–Trinajstić information content (AvgIpc) is 3.16. The summed E-state index contributed by atoms with van der Waals surface area (Å²) in [6.07, 6.45) is 2.59. The van der Waals surface area contributed by atoms with Crippen molar-refractivity contribution in [1.82, 2.24) is 5.32 Å². The fraction of sp³-hybridized carbons (Fsp3) is 0.389. The second kappa shape index (κ2) is 6.23. The molecule has 1 amide bonds. The van der Waals surface area contributed by atoms with Gasteiger partial charge in [-0.05, 0) is 59.2 Å². The highest BCUT2D eigenvalue weighted by molar-refractivity contribution is 7.08. The van der Waals surface area contributed by atoms with E-state index >= 15 is 0 Å². The smallest absolute Gasteiger partial charge is 0.220 e. The van der Waals surface area contributed by atoms with Crippen molar-refractivity contribution in [2.75, 3.05) is 6.54 Å². The van der Waals surface area contributed by atoms with E-state index in [9.17, 15) is 9.90 Å². The minimum Gasteiger partial charge on any atom is -0.384 e. The second-order valence-electron chi connectivity index (χ2n) is 6.20. The van der Waals surface area contributed by atoms with Crippen molar-refractivity contribution in [3.05, 3.63) is 57.8 Å². The molecule has 1 aliphatic carbocycles. The number of rotatable bonds is 5. The molecule has 1 aromatic carbocycles. The van der Waals surface area contributed by atoms with Crippen molar-refractivity contribution in [2.24, 2.45) is 0 Å². The Bertz CT molecular complexity index is 649. The van der Waals surface area contributed by atoms with Crippen LogP contribution >= 0.6 is 11.3 Å². The van der Waals surface area contributed by atoms with Crippen LogP contribution in [0.3, 0.4) is 0 Å². The van der Waals surface area contributed by atoms with Gasteiger partial charge in [-0.1, -0.05) is 24.3 Å². The molecule has 3 nitrogen and oxygen atoms in total. The normalized spacial score (nSPS) is 19.5. The van der Waals surface area contributed by atoms with E-state index in [1.807, 2.05) is 22.9 Å². The lowest BCUT2D eigenvalue weighted by Gasteiger charge is -2.23. The number of benzene rings is 1. The molecule has 22 heavy (non-hydrogen) atoms. The van der Waals surface area contributed by atoms with Crippen LogP contribution in [0.15, 0.2) is 41.1 Å². The highest BCUT2D eigenvalue weighted by Crippen LogP contribution is 2.35. The van der Waals surface area contributed by atoms with Crippen LogP contribution in [0.2, 0.25) is 0 Å². The molecule has 3 rings (SSSR count). The lowest BCUT2D eigenvalue weighted by molar-refractivity contribution is -0.122. The van der Waals surface area contributed by atoms with Crippen LogP contribution in [-0.4, -0.2) is 17.6 Å². The highest BCUT2D eigenvalue weighted by atomic mass is 32.1. The van der Waals surface area contributed by atoms with Gasteiger partial charge < -0.3 is 10.4 Å². The van der Waals surface area contributed by atoms with Crippen molar-refractivity contribution in [3.63, 3.8) is 0 Å². The Hall–Kier alpha value is -1.65. The van der Waals surface area contributed by atoms with E-state index < -0.39 is 5.60 Å². The average molecular weight is 315 g/mol. The SMILES string of the molecule is CC(O)(CNC(=O)CC1CCc2ccccc21)c1ccsc1. The summed E-state index contributed by atoms with van der Waals surface area (Å²) in [5.74, 6) is 0.319. The largest absolute Gasteiger partial charge is 0.384 e. The van der Waals surface area contributed by atoms with Gasteiger partial charge in [-0.25, -0.2) is 0 Å². The number of aryl methyl sites for hydroxylation is 1. The summed E-state index contributed by atoms with van der Waals surface area (Å²) in [7, 11) is 0. The molecule has 0 aliphatic heterocycles. The number of nitrogens with one attached hydrogen (secondary N) is 1. The van der Waals surface area contributed by atoms with Crippen molar-refractivity contribution < 1.29 is 9.90 Å². The first-order valence-electron chi connectivity index (χ1n) is 7.66. The molecule has 0 saturated carbocycles. The van der Waals surface area contributed by atoms with Gasteiger partial charge in [-0.2, -0.15) is 11.3 Å². The Labute approximate surface area is 135 Å². The maximum atomic E-state index is 12.2. The second-order valence-corrected chi connectivity index (χ2v) is 6.98. The molecule has 2 atom stereocenters. The van der Waals surface area contributed by atoms with Crippen molar-refractivity contribution >= 4 is 17.2 Å². The third kappa shape index (κ3) is 3.23. The summed E-state index contributed by atoms with van der Waals surface area (Å²) in [5, 5.41) is 17.2. The molecule has 1 aliphatic rings. The summed E-state index contributed by atoms with van der Waals surface area (Å²) in [6.45, 7) is 1.98. The number of carbonyl (C=O) groups excluding carboxylic acids is 1. The van der Waals surface area contributed by atoms with E-state index in [0.717, 1.165) is 18.4 Å². The highest BCUT2D eigenvalue weighted by Gasteiger charge is 2.27. The number of amides is 1. The number of carbonyl (C=O) groups is 1.